The first kappa shape index (κ1) is 13.3. The van der Waals surface area contributed by atoms with Gasteiger partial charge in [-0.2, -0.15) is 11.3 Å². The Balaban J connectivity index is 2.14. The van der Waals surface area contributed by atoms with Crippen LogP contribution < -0.4 is 4.72 Å². The van der Waals surface area contributed by atoms with Gasteiger partial charge in [-0.1, -0.05) is 0 Å². The van der Waals surface area contributed by atoms with Crippen LogP contribution in [-0.2, 0) is 30.2 Å². The van der Waals surface area contributed by atoms with Crippen LogP contribution in [0.1, 0.15) is 11.3 Å². The van der Waals surface area contributed by atoms with Crippen LogP contribution in [0.3, 0.4) is 0 Å². The van der Waals surface area contributed by atoms with Crippen LogP contribution in [0.5, 0.6) is 0 Å². The molecule has 0 amide bonds. The monoisotopic (exact) mass is 286 g/mol. The van der Waals surface area contributed by atoms with E-state index in [2.05, 4.69) is 4.72 Å². The van der Waals surface area contributed by atoms with E-state index in [0.717, 1.165) is 5.56 Å². The van der Waals surface area contributed by atoms with Crippen molar-refractivity contribution in [3.8, 4) is 0 Å². The third-order valence-electron chi connectivity index (χ3n) is 2.60. The summed E-state index contributed by atoms with van der Waals surface area (Å²) in [5.41, 5.74) is 1.49. The van der Waals surface area contributed by atoms with Gasteiger partial charge in [0.15, 0.2) is 0 Å². The molecule has 0 saturated heterocycles. The Hall–Kier alpha value is -1.15. The first-order valence-electron chi connectivity index (χ1n) is 5.30. The van der Waals surface area contributed by atoms with Crippen molar-refractivity contribution in [3.05, 3.63) is 40.3 Å². The molecule has 7 heteroatoms. The zero-order chi connectivity index (χ0) is 13.2. The van der Waals surface area contributed by atoms with Gasteiger partial charge in [0, 0.05) is 25.5 Å². The molecule has 0 aromatic carbocycles. The molecule has 2 rings (SSSR count). The van der Waals surface area contributed by atoms with Gasteiger partial charge in [-0.25, -0.2) is 13.1 Å². The van der Waals surface area contributed by atoms with Gasteiger partial charge < -0.3 is 9.67 Å². The molecule has 0 saturated carbocycles. The summed E-state index contributed by atoms with van der Waals surface area (Å²) >= 11 is 1.52. The molecule has 18 heavy (non-hydrogen) atoms. The maximum atomic E-state index is 12.0. The largest absolute Gasteiger partial charge is 0.390 e. The lowest BCUT2D eigenvalue weighted by Crippen LogP contribution is -2.22. The van der Waals surface area contributed by atoms with Crippen molar-refractivity contribution in [2.24, 2.45) is 7.05 Å². The highest BCUT2D eigenvalue weighted by molar-refractivity contribution is 7.89. The second kappa shape index (κ2) is 5.23. The minimum Gasteiger partial charge on any atom is -0.390 e. The Labute approximate surface area is 110 Å². The number of thiophene rings is 1. The van der Waals surface area contributed by atoms with Gasteiger partial charge >= 0.3 is 0 Å². The second-order valence-corrected chi connectivity index (χ2v) is 6.44. The van der Waals surface area contributed by atoms with Crippen LogP contribution >= 0.6 is 11.3 Å². The first-order valence-corrected chi connectivity index (χ1v) is 7.72. The molecule has 0 unspecified atom stereocenters. The summed E-state index contributed by atoms with van der Waals surface area (Å²) in [7, 11) is -1.83. The van der Waals surface area contributed by atoms with E-state index in [1.165, 1.54) is 23.6 Å². The summed E-state index contributed by atoms with van der Waals surface area (Å²) in [5, 5.41) is 12.8. The van der Waals surface area contributed by atoms with Gasteiger partial charge in [0.1, 0.15) is 0 Å². The molecule has 0 radical (unpaired) electrons. The minimum atomic E-state index is -3.53. The van der Waals surface area contributed by atoms with Crippen LogP contribution in [0.4, 0.5) is 0 Å². The smallest absolute Gasteiger partial charge is 0.242 e. The van der Waals surface area contributed by atoms with E-state index in [1.54, 1.807) is 11.6 Å². The fraction of sp³-hybridized carbons (Fsp3) is 0.273. The normalized spacial score (nSPS) is 11.9. The topological polar surface area (TPSA) is 71.3 Å². The zero-order valence-corrected chi connectivity index (χ0v) is 11.5. The molecule has 0 fully saturated rings. The quantitative estimate of drug-likeness (QED) is 0.863. The molecule has 2 aromatic heterocycles. The van der Waals surface area contributed by atoms with Crippen molar-refractivity contribution >= 4 is 21.4 Å². The number of aliphatic hydroxyl groups is 1. The predicted octanol–water partition coefficient (Wildman–Crippen LogP) is 1.06. The van der Waals surface area contributed by atoms with E-state index in [9.17, 15) is 8.42 Å². The molecule has 5 nitrogen and oxygen atoms in total. The third-order valence-corrected chi connectivity index (χ3v) is 4.70. The Bertz CT molecular complexity index is 615. The van der Waals surface area contributed by atoms with Gasteiger partial charge in [0.2, 0.25) is 10.0 Å². The van der Waals surface area contributed by atoms with E-state index >= 15 is 0 Å². The van der Waals surface area contributed by atoms with Crippen molar-refractivity contribution in [3.63, 3.8) is 0 Å². The third kappa shape index (κ3) is 2.81. The van der Waals surface area contributed by atoms with Crippen LogP contribution in [0.15, 0.2) is 34.0 Å². The number of aromatic nitrogens is 1. The Kier molecular flexibility index (Phi) is 3.86. The number of nitrogens with one attached hydrogen (secondary N) is 1. The number of aliphatic hydroxyl groups excluding tert-OH is 1. The van der Waals surface area contributed by atoms with Crippen LogP contribution in [0.2, 0.25) is 0 Å². The number of hydrogen-bond donors (Lipinski definition) is 2. The maximum absolute atomic E-state index is 12.0. The lowest BCUT2D eigenvalue weighted by atomic mass is 10.4. The number of sulfonamides is 1. The molecule has 2 N–H and O–H groups in total. The van der Waals surface area contributed by atoms with Gasteiger partial charge in [-0.15, -0.1) is 0 Å². The van der Waals surface area contributed by atoms with Crippen molar-refractivity contribution in [1.82, 2.24) is 9.29 Å². The molecular formula is C11H14N2O3S2. The first-order chi connectivity index (χ1) is 8.53. The summed E-state index contributed by atoms with van der Waals surface area (Å²) in [4.78, 5) is 0.171. The summed E-state index contributed by atoms with van der Waals surface area (Å²) in [6.07, 6.45) is 1.49. The average Bonchev–Trinajstić information content (AvgIpc) is 2.95. The van der Waals surface area contributed by atoms with Crippen molar-refractivity contribution in [2.45, 2.75) is 18.0 Å². The van der Waals surface area contributed by atoms with Gasteiger partial charge in [-0.3, -0.25) is 0 Å². The average molecular weight is 286 g/mol. The van der Waals surface area contributed by atoms with Crippen LogP contribution in [0.25, 0.3) is 0 Å². The molecular weight excluding hydrogens is 272 g/mol. The summed E-state index contributed by atoms with van der Waals surface area (Å²) in [5.74, 6) is 0. The Morgan fingerprint density at radius 2 is 2.28 bits per heavy atom. The molecule has 2 aromatic rings. The summed E-state index contributed by atoms with van der Waals surface area (Å²) < 4.78 is 28.1. The molecule has 0 bridgehead atoms. The standard InChI is InChI=1S/C11H14N2O3S2/c1-13-6-11(4-10(13)7-14)18(15,16)12-5-9-2-3-17-8-9/h2-4,6,8,12,14H,5,7H2,1H3. The highest BCUT2D eigenvalue weighted by Gasteiger charge is 2.17. The van der Waals surface area contributed by atoms with E-state index < -0.39 is 10.0 Å². The Morgan fingerprint density at radius 3 is 2.83 bits per heavy atom. The lowest BCUT2D eigenvalue weighted by molar-refractivity contribution is 0.272. The zero-order valence-electron chi connectivity index (χ0n) is 9.83. The maximum Gasteiger partial charge on any atom is 0.242 e. The molecule has 0 aliphatic rings. The summed E-state index contributed by atoms with van der Waals surface area (Å²) in [6, 6.07) is 3.34. The molecule has 0 atom stereocenters. The van der Waals surface area contributed by atoms with Crippen molar-refractivity contribution in [1.29, 1.82) is 0 Å². The molecule has 0 aliphatic heterocycles. The SMILES string of the molecule is Cn1cc(S(=O)(=O)NCc2ccsc2)cc1CO. The minimum absolute atomic E-state index is 0.171. The highest BCUT2D eigenvalue weighted by Crippen LogP contribution is 2.14. The molecule has 2 heterocycles. The van der Waals surface area contributed by atoms with Gasteiger partial charge in [0.05, 0.1) is 11.5 Å². The van der Waals surface area contributed by atoms with Gasteiger partial charge in [-0.05, 0) is 28.5 Å². The van der Waals surface area contributed by atoms with Crippen LogP contribution in [-0.4, -0.2) is 18.1 Å². The van der Waals surface area contributed by atoms with E-state index in [0.29, 0.717) is 5.69 Å². The predicted molar refractivity (Wildman–Crippen MR) is 69.7 cm³/mol. The van der Waals surface area contributed by atoms with Gasteiger partial charge in [0.25, 0.3) is 0 Å². The number of nitrogens with zero attached hydrogens (tertiary/aromatic N) is 1. The molecule has 98 valence electrons. The fourth-order valence-corrected chi connectivity index (χ4v) is 3.32. The Morgan fingerprint density at radius 1 is 1.50 bits per heavy atom. The highest BCUT2D eigenvalue weighted by atomic mass is 32.2. The number of hydrogen-bond acceptors (Lipinski definition) is 4. The lowest BCUT2D eigenvalue weighted by Gasteiger charge is -2.03. The number of aryl methyl sites for hydroxylation is 1. The van der Waals surface area contributed by atoms with Crippen molar-refractivity contribution in [2.75, 3.05) is 0 Å². The van der Waals surface area contributed by atoms with E-state index in [1.807, 2.05) is 16.8 Å². The number of rotatable bonds is 5. The van der Waals surface area contributed by atoms with E-state index in [-0.39, 0.29) is 18.0 Å². The fourth-order valence-electron chi connectivity index (χ4n) is 1.54. The van der Waals surface area contributed by atoms with Crippen molar-refractivity contribution < 1.29 is 13.5 Å². The van der Waals surface area contributed by atoms with Crippen LogP contribution in [0, 0.1) is 0 Å². The molecule has 0 spiro atoms. The second-order valence-electron chi connectivity index (χ2n) is 3.89. The molecule has 0 aliphatic carbocycles. The summed E-state index contributed by atoms with van der Waals surface area (Å²) in [6.45, 7) is 0.0890. The van der Waals surface area contributed by atoms with E-state index in [4.69, 9.17) is 5.11 Å².